The van der Waals surface area contributed by atoms with E-state index in [-0.39, 0.29) is 5.57 Å². The summed E-state index contributed by atoms with van der Waals surface area (Å²) in [6.45, 7) is 4.12. The molecule has 0 spiro atoms. The Balaban J connectivity index is 3.54. The molecule has 2 N–H and O–H groups in total. The molecule has 24 heavy (non-hydrogen) atoms. The van der Waals surface area contributed by atoms with Crippen LogP contribution in [0, 0.1) is 0 Å². The zero-order chi connectivity index (χ0) is 17.9. The van der Waals surface area contributed by atoms with E-state index < -0.39 is 11.9 Å². The van der Waals surface area contributed by atoms with Gasteiger partial charge in [0.05, 0.1) is 5.57 Å². The van der Waals surface area contributed by atoms with Gasteiger partial charge in [-0.25, -0.2) is 9.59 Å². The second-order valence-electron chi connectivity index (χ2n) is 5.73. The predicted octanol–water partition coefficient (Wildman–Crippen LogP) is 4.92. The maximum absolute atomic E-state index is 11.7. The number of carbonyl (C=O) groups is 2. The molecule has 0 unspecified atom stereocenters. The third-order valence-electron chi connectivity index (χ3n) is 3.87. The number of carboxylic acids is 2. The van der Waals surface area contributed by atoms with Crippen LogP contribution in [0.5, 0.6) is 0 Å². The minimum absolute atomic E-state index is 0.106. The van der Waals surface area contributed by atoms with E-state index in [1.165, 1.54) is 0 Å². The molecule has 0 saturated carbocycles. The number of carboxylic acid groups (broad SMARTS) is 2. The molecular formula is C20H26O4. The molecule has 0 aromatic heterocycles. The first-order valence-corrected chi connectivity index (χ1v) is 8.46. The van der Waals surface area contributed by atoms with E-state index in [2.05, 4.69) is 6.92 Å². The highest BCUT2D eigenvalue weighted by Gasteiger charge is 2.19. The van der Waals surface area contributed by atoms with Crippen LogP contribution in [0.4, 0.5) is 0 Å². The zero-order valence-electron chi connectivity index (χ0n) is 14.4. The van der Waals surface area contributed by atoms with Crippen molar-refractivity contribution in [3.05, 3.63) is 53.1 Å². The summed E-state index contributed by atoms with van der Waals surface area (Å²) < 4.78 is 0. The highest BCUT2D eigenvalue weighted by atomic mass is 16.4. The summed E-state index contributed by atoms with van der Waals surface area (Å²) in [6, 6.07) is 9.66. The van der Waals surface area contributed by atoms with E-state index >= 15 is 0 Å². The number of unbranched alkanes of at least 4 members (excludes halogenated alkanes) is 2. The van der Waals surface area contributed by atoms with Crippen molar-refractivity contribution in [3.63, 3.8) is 0 Å². The average Bonchev–Trinajstić information content (AvgIpc) is 2.56. The van der Waals surface area contributed by atoms with Crippen molar-refractivity contribution in [2.75, 3.05) is 0 Å². The second-order valence-corrected chi connectivity index (χ2v) is 5.73. The summed E-state index contributed by atoms with van der Waals surface area (Å²) in [7, 11) is 0. The summed E-state index contributed by atoms with van der Waals surface area (Å²) in [4.78, 5) is 22.8. The third-order valence-corrected chi connectivity index (χ3v) is 3.87. The number of allylic oxidation sites excluding steroid dienone is 1. The number of hydrogen-bond donors (Lipinski definition) is 2. The summed E-state index contributed by atoms with van der Waals surface area (Å²) >= 11 is 0. The molecule has 0 aliphatic carbocycles. The summed E-state index contributed by atoms with van der Waals surface area (Å²) in [5.41, 5.74) is 2.45. The van der Waals surface area contributed by atoms with Crippen molar-refractivity contribution in [1.29, 1.82) is 0 Å². The van der Waals surface area contributed by atoms with Crippen molar-refractivity contribution >= 4 is 17.5 Å². The van der Waals surface area contributed by atoms with Gasteiger partial charge in [-0.3, -0.25) is 0 Å². The predicted molar refractivity (Wildman–Crippen MR) is 95.8 cm³/mol. The van der Waals surface area contributed by atoms with Gasteiger partial charge in [0.1, 0.15) is 0 Å². The maximum atomic E-state index is 11.7. The molecule has 1 aromatic carbocycles. The van der Waals surface area contributed by atoms with Crippen molar-refractivity contribution < 1.29 is 19.8 Å². The molecule has 0 aliphatic heterocycles. The number of benzene rings is 1. The normalized spacial score (nSPS) is 12.7. The Hall–Kier alpha value is -2.36. The minimum atomic E-state index is -1.23. The number of hydrogen-bond acceptors (Lipinski definition) is 2. The standard InChI is InChI=1S/C20H26O4/c1-3-5-12-16(15-10-8-7-9-11-15)17(13-6-4-2)18(20(23)24)14-19(21)22/h7-11,14H,3-6,12-13H2,1-2H3,(H,21,22)(H,23,24)/b17-16?,18-14-. The Morgan fingerprint density at radius 2 is 1.54 bits per heavy atom. The second kappa shape index (κ2) is 10.4. The Morgan fingerprint density at radius 3 is 2.04 bits per heavy atom. The first-order chi connectivity index (χ1) is 11.5. The van der Waals surface area contributed by atoms with Crippen LogP contribution in [-0.4, -0.2) is 22.2 Å². The Morgan fingerprint density at radius 1 is 0.958 bits per heavy atom. The van der Waals surface area contributed by atoms with Crippen LogP contribution in [0.15, 0.2) is 47.6 Å². The van der Waals surface area contributed by atoms with Gasteiger partial charge < -0.3 is 10.2 Å². The molecule has 0 amide bonds. The quantitative estimate of drug-likeness (QED) is 0.472. The Bertz CT molecular complexity index is 612. The lowest BCUT2D eigenvalue weighted by Crippen LogP contribution is -2.09. The van der Waals surface area contributed by atoms with E-state index in [0.717, 1.165) is 49.3 Å². The lowest BCUT2D eigenvalue weighted by molar-refractivity contribution is -0.134. The first-order valence-electron chi connectivity index (χ1n) is 8.46. The van der Waals surface area contributed by atoms with Gasteiger partial charge in [0.2, 0.25) is 0 Å². The van der Waals surface area contributed by atoms with Gasteiger partial charge in [0.15, 0.2) is 0 Å². The van der Waals surface area contributed by atoms with Gasteiger partial charge in [0, 0.05) is 6.08 Å². The van der Waals surface area contributed by atoms with Crippen molar-refractivity contribution in [2.24, 2.45) is 0 Å². The lowest BCUT2D eigenvalue weighted by Gasteiger charge is -2.17. The molecule has 4 nitrogen and oxygen atoms in total. The molecule has 1 aromatic rings. The molecule has 0 fully saturated rings. The van der Waals surface area contributed by atoms with E-state index in [4.69, 9.17) is 5.11 Å². The minimum Gasteiger partial charge on any atom is -0.478 e. The van der Waals surface area contributed by atoms with Crippen LogP contribution >= 0.6 is 0 Å². The highest BCUT2D eigenvalue weighted by Crippen LogP contribution is 2.32. The van der Waals surface area contributed by atoms with Gasteiger partial charge in [-0.05, 0) is 42.4 Å². The summed E-state index contributed by atoms with van der Waals surface area (Å²) in [5, 5.41) is 18.6. The van der Waals surface area contributed by atoms with Gasteiger partial charge in [-0.15, -0.1) is 0 Å². The van der Waals surface area contributed by atoms with Crippen LogP contribution in [-0.2, 0) is 9.59 Å². The molecule has 0 aliphatic rings. The zero-order valence-corrected chi connectivity index (χ0v) is 14.4. The van der Waals surface area contributed by atoms with Gasteiger partial charge in [-0.2, -0.15) is 0 Å². The molecule has 0 bridgehead atoms. The fourth-order valence-corrected chi connectivity index (χ4v) is 2.67. The summed E-state index contributed by atoms with van der Waals surface area (Å²) in [6.07, 6.45) is 5.78. The molecule has 0 heterocycles. The van der Waals surface area contributed by atoms with Crippen LogP contribution in [0.3, 0.4) is 0 Å². The van der Waals surface area contributed by atoms with Crippen molar-refractivity contribution in [1.82, 2.24) is 0 Å². The van der Waals surface area contributed by atoms with Gasteiger partial charge in [-0.1, -0.05) is 57.0 Å². The van der Waals surface area contributed by atoms with Crippen LogP contribution in [0.2, 0.25) is 0 Å². The first kappa shape index (κ1) is 19.7. The van der Waals surface area contributed by atoms with Crippen LogP contribution in [0.25, 0.3) is 5.57 Å². The maximum Gasteiger partial charge on any atom is 0.336 e. The fraction of sp³-hybridized carbons (Fsp3) is 0.400. The molecule has 130 valence electrons. The SMILES string of the molecule is CCCCC(=C(CCCC)c1ccccc1)/C(=C/C(=O)O)C(=O)O. The monoisotopic (exact) mass is 330 g/mol. The van der Waals surface area contributed by atoms with E-state index in [0.29, 0.717) is 12.0 Å². The van der Waals surface area contributed by atoms with Crippen molar-refractivity contribution in [3.8, 4) is 0 Å². The van der Waals surface area contributed by atoms with E-state index in [1.54, 1.807) is 0 Å². The lowest BCUT2D eigenvalue weighted by atomic mass is 9.88. The number of aliphatic carboxylic acids is 2. The molecule has 0 atom stereocenters. The van der Waals surface area contributed by atoms with Crippen molar-refractivity contribution in [2.45, 2.75) is 52.4 Å². The Labute approximate surface area is 143 Å². The molecule has 0 radical (unpaired) electrons. The van der Waals surface area contributed by atoms with E-state index in [9.17, 15) is 14.7 Å². The van der Waals surface area contributed by atoms with Crippen LogP contribution in [0.1, 0.15) is 57.9 Å². The Kier molecular flexibility index (Phi) is 8.55. The molecule has 1 rings (SSSR count). The van der Waals surface area contributed by atoms with Gasteiger partial charge in [0.25, 0.3) is 0 Å². The number of rotatable bonds is 10. The molecular weight excluding hydrogens is 304 g/mol. The smallest absolute Gasteiger partial charge is 0.336 e. The average molecular weight is 330 g/mol. The third kappa shape index (κ3) is 6.03. The largest absolute Gasteiger partial charge is 0.478 e. The van der Waals surface area contributed by atoms with E-state index in [1.807, 2.05) is 37.3 Å². The van der Waals surface area contributed by atoms with Gasteiger partial charge >= 0.3 is 11.9 Å². The topological polar surface area (TPSA) is 74.6 Å². The molecule has 0 saturated heterocycles. The fourth-order valence-electron chi connectivity index (χ4n) is 2.67. The highest BCUT2D eigenvalue weighted by molar-refractivity contribution is 6.01. The summed E-state index contributed by atoms with van der Waals surface area (Å²) in [5.74, 6) is -2.42. The van der Waals surface area contributed by atoms with Crippen LogP contribution < -0.4 is 0 Å². The molecule has 4 heteroatoms.